The van der Waals surface area contributed by atoms with Crippen LogP contribution in [-0.2, 0) is 0 Å². The molecule has 0 aliphatic carbocycles. The average molecular weight is 238 g/mol. The Labute approximate surface area is 107 Å². The maximum absolute atomic E-state index is 3.76. The molecule has 2 heteroatoms. The van der Waals surface area contributed by atoms with Gasteiger partial charge in [0, 0.05) is 18.1 Å². The summed E-state index contributed by atoms with van der Waals surface area (Å²) in [5.41, 5.74) is 0.505. The Morgan fingerprint density at radius 3 is 2.76 bits per heavy atom. The third-order valence-electron chi connectivity index (χ3n) is 5.09. The zero-order valence-electron chi connectivity index (χ0n) is 12.0. The molecule has 0 amide bonds. The number of nitrogens with zero attached hydrogens (tertiary/aromatic N) is 1. The van der Waals surface area contributed by atoms with Crippen LogP contribution < -0.4 is 5.32 Å². The zero-order valence-corrected chi connectivity index (χ0v) is 12.0. The molecule has 2 aliphatic heterocycles. The van der Waals surface area contributed by atoms with Crippen molar-refractivity contribution in [2.45, 2.75) is 70.9 Å². The lowest BCUT2D eigenvalue weighted by Gasteiger charge is -2.29. The third-order valence-corrected chi connectivity index (χ3v) is 5.09. The lowest BCUT2D eigenvalue weighted by atomic mass is 9.85. The summed E-state index contributed by atoms with van der Waals surface area (Å²) in [6.07, 6.45) is 8.37. The SMILES string of the molecule is CCC1(CCC2CCN(C(C)C)C2)CCCN1. The van der Waals surface area contributed by atoms with Crippen LogP contribution in [0.3, 0.4) is 0 Å². The summed E-state index contributed by atoms with van der Waals surface area (Å²) < 4.78 is 0. The molecule has 0 aromatic carbocycles. The first kappa shape index (κ1) is 13.4. The minimum atomic E-state index is 0.505. The van der Waals surface area contributed by atoms with Gasteiger partial charge in [0.2, 0.25) is 0 Å². The molecule has 2 fully saturated rings. The van der Waals surface area contributed by atoms with Crippen LogP contribution in [0.5, 0.6) is 0 Å². The first-order valence-electron chi connectivity index (χ1n) is 7.64. The Bertz CT molecular complexity index is 231. The third kappa shape index (κ3) is 3.23. The first-order chi connectivity index (χ1) is 8.15. The molecule has 2 aliphatic rings. The van der Waals surface area contributed by atoms with Crippen LogP contribution in [0.1, 0.15) is 59.3 Å². The van der Waals surface area contributed by atoms with Crippen molar-refractivity contribution in [1.82, 2.24) is 10.2 Å². The molecule has 0 radical (unpaired) electrons. The van der Waals surface area contributed by atoms with E-state index in [9.17, 15) is 0 Å². The van der Waals surface area contributed by atoms with E-state index in [2.05, 4.69) is 31.0 Å². The fraction of sp³-hybridized carbons (Fsp3) is 1.00. The molecule has 17 heavy (non-hydrogen) atoms. The quantitative estimate of drug-likeness (QED) is 0.792. The van der Waals surface area contributed by atoms with Gasteiger partial charge in [-0.25, -0.2) is 0 Å². The molecule has 1 N–H and O–H groups in total. The van der Waals surface area contributed by atoms with E-state index < -0.39 is 0 Å². The molecule has 0 saturated carbocycles. The summed E-state index contributed by atoms with van der Waals surface area (Å²) in [7, 11) is 0. The molecule has 2 rings (SSSR count). The van der Waals surface area contributed by atoms with Crippen molar-refractivity contribution in [2.24, 2.45) is 5.92 Å². The van der Waals surface area contributed by atoms with Gasteiger partial charge in [-0.2, -0.15) is 0 Å². The minimum absolute atomic E-state index is 0.505. The van der Waals surface area contributed by atoms with Crippen LogP contribution >= 0.6 is 0 Å². The Morgan fingerprint density at radius 1 is 1.41 bits per heavy atom. The van der Waals surface area contributed by atoms with Crippen molar-refractivity contribution < 1.29 is 0 Å². The molecule has 2 saturated heterocycles. The van der Waals surface area contributed by atoms with Crippen LogP contribution in [0.25, 0.3) is 0 Å². The molecular weight excluding hydrogens is 208 g/mol. The van der Waals surface area contributed by atoms with Gasteiger partial charge >= 0.3 is 0 Å². The maximum Gasteiger partial charge on any atom is 0.0179 e. The predicted octanol–water partition coefficient (Wildman–Crippen LogP) is 3.03. The molecule has 0 bridgehead atoms. The summed E-state index contributed by atoms with van der Waals surface area (Å²) >= 11 is 0. The standard InChI is InChI=1S/C15H30N2/c1-4-15(8-5-10-16-15)9-6-14-7-11-17(12-14)13(2)3/h13-14,16H,4-12H2,1-3H3. The number of hydrogen-bond donors (Lipinski definition) is 1. The Morgan fingerprint density at radius 2 is 2.24 bits per heavy atom. The Hall–Kier alpha value is -0.0800. The van der Waals surface area contributed by atoms with Gasteiger partial charge in [0.15, 0.2) is 0 Å². The predicted molar refractivity (Wildman–Crippen MR) is 74.3 cm³/mol. The topological polar surface area (TPSA) is 15.3 Å². The molecule has 0 aromatic heterocycles. The van der Waals surface area contributed by atoms with Gasteiger partial charge in [0.05, 0.1) is 0 Å². The van der Waals surface area contributed by atoms with Crippen molar-refractivity contribution in [2.75, 3.05) is 19.6 Å². The van der Waals surface area contributed by atoms with Gasteiger partial charge in [0.1, 0.15) is 0 Å². The molecule has 2 atom stereocenters. The number of rotatable bonds is 5. The van der Waals surface area contributed by atoms with Gasteiger partial charge in [-0.3, -0.25) is 0 Å². The fourth-order valence-electron chi connectivity index (χ4n) is 3.61. The second kappa shape index (κ2) is 5.71. The average Bonchev–Trinajstić information content (AvgIpc) is 2.96. The van der Waals surface area contributed by atoms with Crippen molar-refractivity contribution in [1.29, 1.82) is 0 Å². The van der Waals surface area contributed by atoms with Crippen molar-refractivity contribution in [3.8, 4) is 0 Å². The Kier molecular flexibility index (Phi) is 4.48. The molecule has 0 spiro atoms. The molecule has 100 valence electrons. The highest BCUT2D eigenvalue weighted by molar-refractivity contribution is 4.92. The van der Waals surface area contributed by atoms with Crippen molar-refractivity contribution >= 4 is 0 Å². The smallest absolute Gasteiger partial charge is 0.0179 e. The normalized spacial score (nSPS) is 34.9. The lowest BCUT2D eigenvalue weighted by Crippen LogP contribution is -2.39. The second-order valence-electron chi connectivity index (χ2n) is 6.45. The van der Waals surface area contributed by atoms with Crippen LogP contribution in [-0.4, -0.2) is 36.1 Å². The summed E-state index contributed by atoms with van der Waals surface area (Å²) in [6.45, 7) is 10.9. The highest BCUT2D eigenvalue weighted by atomic mass is 15.2. The Balaban J connectivity index is 1.75. The number of likely N-dealkylation sites (tertiary alicyclic amines) is 1. The van der Waals surface area contributed by atoms with Gasteiger partial charge in [-0.15, -0.1) is 0 Å². The van der Waals surface area contributed by atoms with E-state index in [-0.39, 0.29) is 0 Å². The fourth-order valence-corrected chi connectivity index (χ4v) is 3.61. The van der Waals surface area contributed by atoms with Crippen LogP contribution in [0.4, 0.5) is 0 Å². The van der Waals surface area contributed by atoms with E-state index in [1.54, 1.807) is 0 Å². The van der Waals surface area contributed by atoms with E-state index in [1.165, 1.54) is 58.2 Å². The van der Waals surface area contributed by atoms with Crippen LogP contribution in [0.2, 0.25) is 0 Å². The first-order valence-corrected chi connectivity index (χ1v) is 7.64. The largest absolute Gasteiger partial charge is 0.311 e. The molecule has 0 aromatic rings. The van der Waals surface area contributed by atoms with Gasteiger partial charge < -0.3 is 10.2 Å². The van der Waals surface area contributed by atoms with Gasteiger partial charge in [-0.05, 0) is 71.4 Å². The maximum atomic E-state index is 3.76. The molecule has 2 heterocycles. The van der Waals surface area contributed by atoms with Crippen molar-refractivity contribution in [3.63, 3.8) is 0 Å². The number of hydrogen-bond acceptors (Lipinski definition) is 2. The van der Waals surface area contributed by atoms with E-state index >= 15 is 0 Å². The molecule has 2 nitrogen and oxygen atoms in total. The second-order valence-corrected chi connectivity index (χ2v) is 6.45. The van der Waals surface area contributed by atoms with Crippen molar-refractivity contribution in [3.05, 3.63) is 0 Å². The van der Waals surface area contributed by atoms with Crippen LogP contribution in [0.15, 0.2) is 0 Å². The zero-order chi connectivity index (χ0) is 12.3. The van der Waals surface area contributed by atoms with E-state index in [0.717, 1.165) is 12.0 Å². The van der Waals surface area contributed by atoms with Gasteiger partial charge in [-0.1, -0.05) is 6.92 Å². The monoisotopic (exact) mass is 238 g/mol. The summed E-state index contributed by atoms with van der Waals surface area (Å²) in [5, 5.41) is 3.76. The lowest BCUT2D eigenvalue weighted by molar-refractivity contribution is 0.252. The van der Waals surface area contributed by atoms with Gasteiger partial charge in [0.25, 0.3) is 0 Å². The summed E-state index contributed by atoms with van der Waals surface area (Å²) in [5.74, 6) is 0.961. The highest BCUT2D eigenvalue weighted by Gasteiger charge is 2.33. The number of nitrogens with one attached hydrogen (secondary N) is 1. The van der Waals surface area contributed by atoms with E-state index in [4.69, 9.17) is 0 Å². The van der Waals surface area contributed by atoms with Crippen LogP contribution in [0, 0.1) is 5.92 Å². The highest BCUT2D eigenvalue weighted by Crippen LogP contribution is 2.32. The minimum Gasteiger partial charge on any atom is -0.311 e. The summed E-state index contributed by atoms with van der Waals surface area (Å²) in [6, 6.07) is 0.741. The molecular formula is C15H30N2. The molecule has 2 unspecified atom stereocenters. The summed E-state index contributed by atoms with van der Waals surface area (Å²) in [4.78, 5) is 2.64. The van der Waals surface area contributed by atoms with E-state index in [0.29, 0.717) is 5.54 Å². The van der Waals surface area contributed by atoms with E-state index in [1.807, 2.05) is 0 Å².